The number of nitriles is 1. The topological polar surface area (TPSA) is 138 Å². The summed E-state index contributed by atoms with van der Waals surface area (Å²) >= 11 is 6.26. The zero-order chi connectivity index (χ0) is 42.5. The van der Waals surface area contributed by atoms with E-state index < -0.39 is 11.9 Å². The summed E-state index contributed by atoms with van der Waals surface area (Å²) in [6.07, 6.45) is 2.61. The third-order valence-electron chi connectivity index (χ3n) is 13.6. The van der Waals surface area contributed by atoms with Crippen molar-refractivity contribution in [2.24, 2.45) is 16.7 Å². The summed E-state index contributed by atoms with van der Waals surface area (Å²) in [6, 6.07) is 20.3. The van der Waals surface area contributed by atoms with Crippen LogP contribution in [0.5, 0.6) is 5.75 Å². The summed E-state index contributed by atoms with van der Waals surface area (Å²) in [5, 5.41) is 15.2. The summed E-state index contributed by atoms with van der Waals surface area (Å²) < 4.78 is 6.39. The fourth-order valence-corrected chi connectivity index (χ4v) is 10.7. The quantitative estimate of drug-likeness (QED) is 0.244. The number of nitrogens with one attached hydrogen (secondary N) is 2. The molecule has 4 amide bonds. The number of carbonyl (C=O) groups excluding carboxylic acids is 4. The molecule has 314 valence electrons. The highest BCUT2D eigenvalue weighted by molar-refractivity contribution is 6.31. The third-order valence-corrected chi connectivity index (χ3v) is 13.9. The predicted molar refractivity (Wildman–Crippen MR) is 232 cm³/mol. The first-order valence-electron chi connectivity index (χ1n) is 21.1. The van der Waals surface area contributed by atoms with Gasteiger partial charge in [0.2, 0.25) is 11.8 Å². The normalized spacial score (nSPS) is 24.3. The van der Waals surface area contributed by atoms with Crippen molar-refractivity contribution in [3.63, 3.8) is 0 Å². The number of carbonyl (C=O) groups is 4. The number of nitrogens with zero attached hydrogens (tertiary/aromatic N) is 5. The van der Waals surface area contributed by atoms with Crippen molar-refractivity contribution in [3.05, 3.63) is 94.5 Å². The maximum absolute atomic E-state index is 13.5. The molecule has 0 aromatic heterocycles. The maximum atomic E-state index is 13.5. The van der Waals surface area contributed by atoms with E-state index in [4.69, 9.17) is 16.3 Å². The number of imide groups is 1. The Kier molecular flexibility index (Phi) is 11.2. The number of amides is 4. The molecule has 0 radical (unpaired) electrons. The van der Waals surface area contributed by atoms with Gasteiger partial charge in [0, 0.05) is 104 Å². The Morgan fingerprint density at radius 3 is 2.20 bits per heavy atom. The fraction of sp³-hybridized carbons (Fsp3) is 0.468. The van der Waals surface area contributed by atoms with Crippen molar-refractivity contribution in [3.8, 4) is 11.8 Å². The third kappa shape index (κ3) is 7.85. The summed E-state index contributed by atoms with van der Waals surface area (Å²) in [4.78, 5) is 60.1. The van der Waals surface area contributed by atoms with Crippen LogP contribution in [0.4, 0.5) is 11.4 Å². The highest BCUT2D eigenvalue weighted by Crippen LogP contribution is 2.55. The van der Waals surface area contributed by atoms with Gasteiger partial charge in [0.15, 0.2) is 0 Å². The molecule has 1 unspecified atom stereocenters. The van der Waals surface area contributed by atoms with Crippen LogP contribution >= 0.6 is 11.6 Å². The number of halogens is 1. The maximum Gasteiger partial charge on any atom is 0.255 e. The number of benzene rings is 3. The van der Waals surface area contributed by atoms with E-state index in [9.17, 15) is 24.4 Å². The molecule has 1 aliphatic carbocycles. The Morgan fingerprint density at radius 1 is 0.883 bits per heavy atom. The summed E-state index contributed by atoms with van der Waals surface area (Å²) in [6.45, 7) is 19.7. The Hall–Kier alpha value is -5.38. The Balaban J connectivity index is 0.787. The number of piperidine rings is 2. The van der Waals surface area contributed by atoms with Crippen molar-refractivity contribution in [2.45, 2.75) is 71.6 Å². The molecule has 1 atom stereocenters. The standard InChI is InChI=1S/C47H54ClN7O5/c1-29-27-55(39-14-15-40(56)50-42(39)58)43(59)36-13-11-34(24-37(29)36)54-22-20-52(21-23-54)28-30-16-18-53(19-17-30)33-9-6-31(7-10-33)41(57)51-44-46(2,3)45(47(44,4)5)60-35-12-8-32(26-49)38(48)25-35/h6-13,24-25,30,39,44-45H,1,14-23,27-28H2,2-5H3,(H,51,57)(H,50,56,58). The minimum atomic E-state index is -0.660. The van der Waals surface area contributed by atoms with Gasteiger partial charge >= 0.3 is 0 Å². The van der Waals surface area contributed by atoms with Gasteiger partial charge in [0.05, 0.1) is 10.6 Å². The van der Waals surface area contributed by atoms with Crippen LogP contribution in [-0.2, 0) is 9.59 Å². The van der Waals surface area contributed by atoms with E-state index in [1.165, 1.54) is 0 Å². The number of hydrogen-bond acceptors (Lipinski definition) is 9. The molecule has 5 aliphatic rings. The van der Waals surface area contributed by atoms with Crippen molar-refractivity contribution in [2.75, 3.05) is 62.2 Å². The number of ether oxygens (including phenoxy) is 1. The van der Waals surface area contributed by atoms with Crippen LogP contribution < -0.4 is 25.2 Å². The van der Waals surface area contributed by atoms with Gasteiger partial charge in [-0.15, -0.1) is 0 Å². The number of hydrogen-bond donors (Lipinski definition) is 2. The lowest BCUT2D eigenvalue weighted by atomic mass is 9.49. The van der Waals surface area contributed by atoms with Crippen LogP contribution in [0.15, 0.2) is 67.2 Å². The molecule has 3 aromatic carbocycles. The second-order valence-electron chi connectivity index (χ2n) is 18.3. The van der Waals surface area contributed by atoms with E-state index in [2.05, 4.69) is 83.9 Å². The van der Waals surface area contributed by atoms with E-state index in [1.807, 2.05) is 24.3 Å². The molecule has 60 heavy (non-hydrogen) atoms. The Labute approximate surface area is 357 Å². The Morgan fingerprint density at radius 2 is 1.55 bits per heavy atom. The molecule has 12 nitrogen and oxygen atoms in total. The molecule has 2 N–H and O–H groups in total. The highest BCUT2D eigenvalue weighted by atomic mass is 35.5. The van der Waals surface area contributed by atoms with E-state index in [0.717, 1.165) is 81.2 Å². The van der Waals surface area contributed by atoms with Crippen LogP contribution in [0.2, 0.25) is 5.02 Å². The zero-order valence-electron chi connectivity index (χ0n) is 34.9. The highest BCUT2D eigenvalue weighted by Gasteiger charge is 2.64. The van der Waals surface area contributed by atoms with Gasteiger partial charge in [-0.05, 0) is 90.9 Å². The van der Waals surface area contributed by atoms with E-state index in [1.54, 1.807) is 23.1 Å². The van der Waals surface area contributed by atoms with Crippen LogP contribution in [0.3, 0.4) is 0 Å². The van der Waals surface area contributed by atoms with Gasteiger partial charge in [-0.3, -0.25) is 29.4 Å². The summed E-state index contributed by atoms with van der Waals surface area (Å²) in [7, 11) is 0. The van der Waals surface area contributed by atoms with E-state index in [0.29, 0.717) is 39.8 Å². The smallest absolute Gasteiger partial charge is 0.255 e. The fourth-order valence-electron chi connectivity index (χ4n) is 10.5. The second kappa shape index (κ2) is 16.2. The van der Waals surface area contributed by atoms with Crippen LogP contribution in [0, 0.1) is 28.1 Å². The summed E-state index contributed by atoms with van der Waals surface area (Å²) in [5.74, 6) is 0.221. The Bertz CT molecular complexity index is 2240. The number of fused-ring (bicyclic) bond motifs is 1. The minimum Gasteiger partial charge on any atom is -0.489 e. The molecule has 4 fully saturated rings. The first kappa shape index (κ1) is 41.4. The van der Waals surface area contributed by atoms with E-state index >= 15 is 0 Å². The average Bonchev–Trinajstić information content (AvgIpc) is 3.23. The van der Waals surface area contributed by atoms with Crippen LogP contribution in [-0.4, -0.2) is 104 Å². The second-order valence-corrected chi connectivity index (χ2v) is 18.7. The zero-order valence-corrected chi connectivity index (χ0v) is 35.7. The lowest BCUT2D eigenvalue weighted by molar-refractivity contribution is -0.164. The first-order valence-corrected chi connectivity index (χ1v) is 21.5. The SMILES string of the molecule is C=C1CN(C2CCC(=O)NC2=O)C(=O)c2ccc(N3CCN(CC4CCN(c5ccc(C(=O)NC6C(C)(C)C(Oc7ccc(C#N)c(Cl)c7)C6(C)C)cc5)CC4)CC3)cc21. The van der Waals surface area contributed by atoms with E-state index in [-0.39, 0.29) is 53.7 Å². The minimum absolute atomic E-state index is 0.100. The molecule has 4 heterocycles. The van der Waals surface area contributed by atoms with Gasteiger partial charge in [-0.1, -0.05) is 45.9 Å². The van der Waals surface area contributed by atoms with Gasteiger partial charge in [-0.2, -0.15) is 5.26 Å². The monoisotopic (exact) mass is 831 g/mol. The average molecular weight is 832 g/mol. The lowest BCUT2D eigenvalue weighted by Crippen LogP contribution is -2.74. The summed E-state index contributed by atoms with van der Waals surface area (Å²) in [5.41, 5.74) is 4.76. The molecule has 3 saturated heterocycles. The van der Waals surface area contributed by atoms with Gasteiger partial charge in [-0.25, -0.2) is 0 Å². The molecular formula is C47H54ClN7O5. The molecule has 4 aliphatic heterocycles. The van der Waals surface area contributed by atoms with Crippen LogP contribution in [0.25, 0.3) is 5.57 Å². The number of anilines is 2. The van der Waals surface area contributed by atoms with Crippen LogP contribution in [0.1, 0.15) is 85.2 Å². The molecular weight excluding hydrogens is 778 g/mol. The molecule has 1 saturated carbocycles. The van der Waals surface area contributed by atoms with Crippen molar-refractivity contribution >= 4 is 52.2 Å². The molecule has 13 heteroatoms. The lowest BCUT2D eigenvalue weighted by Gasteiger charge is -2.63. The molecule has 8 rings (SSSR count). The first-order chi connectivity index (χ1) is 28.6. The van der Waals surface area contributed by atoms with Crippen molar-refractivity contribution in [1.29, 1.82) is 5.26 Å². The van der Waals surface area contributed by atoms with Gasteiger partial charge < -0.3 is 24.8 Å². The van der Waals surface area contributed by atoms with Gasteiger partial charge in [0.1, 0.15) is 24.0 Å². The number of rotatable bonds is 9. The predicted octanol–water partition coefficient (Wildman–Crippen LogP) is 6.14. The molecule has 0 bridgehead atoms. The van der Waals surface area contributed by atoms with Crippen molar-refractivity contribution < 1.29 is 23.9 Å². The largest absolute Gasteiger partial charge is 0.489 e. The molecule has 3 aromatic rings. The number of piperazine rings is 1. The van der Waals surface area contributed by atoms with Gasteiger partial charge in [0.25, 0.3) is 11.8 Å². The molecule has 0 spiro atoms. The van der Waals surface area contributed by atoms with Crippen molar-refractivity contribution in [1.82, 2.24) is 20.4 Å².